The summed E-state index contributed by atoms with van der Waals surface area (Å²) in [4.78, 5) is 16.3. The van der Waals surface area contributed by atoms with E-state index in [-0.39, 0.29) is 17.5 Å². The van der Waals surface area contributed by atoms with E-state index in [1.807, 2.05) is 23.8 Å². The number of rotatable bonds is 4. The van der Waals surface area contributed by atoms with Crippen molar-refractivity contribution in [3.05, 3.63) is 30.5 Å². The minimum atomic E-state index is -0.233. The molecule has 1 atom stereocenters. The molecule has 0 radical (unpaired) electrons. The molecule has 0 bridgehead atoms. The Hall–Kier alpha value is -2.31. The number of anilines is 1. The lowest BCUT2D eigenvalue weighted by Crippen LogP contribution is -2.48. The number of amides is 2. The Kier molecular flexibility index (Phi) is 4.54. The van der Waals surface area contributed by atoms with Crippen LogP contribution >= 0.6 is 0 Å². The van der Waals surface area contributed by atoms with Crippen LogP contribution in [0.25, 0.3) is 0 Å². The van der Waals surface area contributed by atoms with E-state index in [9.17, 15) is 4.79 Å². The van der Waals surface area contributed by atoms with Crippen LogP contribution in [0.4, 0.5) is 10.6 Å². The summed E-state index contributed by atoms with van der Waals surface area (Å²) in [6.07, 6.45) is 5.38. The summed E-state index contributed by atoms with van der Waals surface area (Å²) in [7, 11) is 1.80. The predicted molar refractivity (Wildman–Crippen MR) is 85.6 cm³/mol. The molecule has 0 spiro atoms. The molecule has 0 fully saturated rings. The highest BCUT2D eigenvalue weighted by atomic mass is 16.2. The molecule has 0 aromatic carbocycles. The number of aryl methyl sites for hydroxylation is 2. The van der Waals surface area contributed by atoms with E-state index in [4.69, 9.17) is 0 Å². The second-order valence-corrected chi connectivity index (χ2v) is 6.57. The van der Waals surface area contributed by atoms with Gasteiger partial charge in [-0.3, -0.25) is 10.00 Å². The maximum Gasteiger partial charge on any atom is 0.320 e. The van der Waals surface area contributed by atoms with Gasteiger partial charge < -0.3 is 9.88 Å². The van der Waals surface area contributed by atoms with Crippen molar-refractivity contribution in [2.45, 2.75) is 40.3 Å². The van der Waals surface area contributed by atoms with Crippen LogP contribution in [0, 0.1) is 12.3 Å². The minimum absolute atomic E-state index is 0.0315. The maximum atomic E-state index is 12.3. The zero-order chi connectivity index (χ0) is 16.3. The summed E-state index contributed by atoms with van der Waals surface area (Å²) in [6, 6.07) is 1.57. The average molecular weight is 304 g/mol. The van der Waals surface area contributed by atoms with E-state index in [0.717, 1.165) is 5.69 Å². The Balaban J connectivity index is 2.03. The normalized spacial score (nSPS) is 13.0. The standard InChI is InChI=1S/C15H24N6O/c1-11-8-13(20(5)19-11)18-14(22)17-12(15(2,3)4)9-21-7-6-16-10-21/h6-8,10,12H,9H2,1-5H3,(H2,17,18,22). The summed E-state index contributed by atoms with van der Waals surface area (Å²) >= 11 is 0. The molecule has 0 saturated heterocycles. The zero-order valence-corrected chi connectivity index (χ0v) is 13.8. The van der Waals surface area contributed by atoms with E-state index in [1.54, 1.807) is 24.3 Å². The molecule has 0 aliphatic carbocycles. The number of urea groups is 1. The number of hydrogen-bond donors (Lipinski definition) is 2. The molecule has 7 nitrogen and oxygen atoms in total. The number of nitrogens with zero attached hydrogens (tertiary/aromatic N) is 4. The van der Waals surface area contributed by atoms with Crippen molar-refractivity contribution in [1.29, 1.82) is 0 Å². The number of nitrogens with one attached hydrogen (secondary N) is 2. The van der Waals surface area contributed by atoms with E-state index in [2.05, 4.69) is 41.5 Å². The van der Waals surface area contributed by atoms with Gasteiger partial charge in [-0.15, -0.1) is 0 Å². The van der Waals surface area contributed by atoms with Gasteiger partial charge in [0.25, 0.3) is 0 Å². The Morgan fingerprint density at radius 3 is 2.64 bits per heavy atom. The summed E-state index contributed by atoms with van der Waals surface area (Å²) in [5, 5.41) is 10.1. The molecular weight excluding hydrogens is 280 g/mol. The number of aromatic nitrogens is 4. The van der Waals surface area contributed by atoms with Crippen LogP contribution in [-0.2, 0) is 13.6 Å². The van der Waals surface area contributed by atoms with Crippen LogP contribution in [-0.4, -0.2) is 31.4 Å². The first-order valence-electron chi connectivity index (χ1n) is 7.29. The van der Waals surface area contributed by atoms with Gasteiger partial charge in [-0.1, -0.05) is 20.8 Å². The second-order valence-electron chi connectivity index (χ2n) is 6.57. The fourth-order valence-corrected chi connectivity index (χ4v) is 2.18. The van der Waals surface area contributed by atoms with Crippen LogP contribution in [0.5, 0.6) is 0 Å². The minimum Gasteiger partial charge on any atom is -0.335 e. The number of imidazole rings is 1. The second kappa shape index (κ2) is 6.21. The monoisotopic (exact) mass is 304 g/mol. The van der Waals surface area contributed by atoms with Crippen LogP contribution in [0.15, 0.2) is 24.8 Å². The highest BCUT2D eigenvalue weighted by Gasteiger charge is 2.26. The van der Waals surface area contributed by atoms with Gasteiger partial charge in [0, 0.05) is 32.1 Å². The van der Waals surface area contributed by atoms with Crippen molar-refractivity contribution in [3.8, 4) is 0 Å². The molecule has 2 aromatic heterocycles. The van der Waals surface area contributed by atoms with Crippen molar-refractivity contribution < 1.29 is 4.79 Å². The van der Waals surface area contributed by atoms with Crippen LogP contribution in [0.2, 0.25) is 0 Å². The highest BCUT2D eigenvalue weighted by Crippen LogP contribution is 2.21. The molecule has 2 N–H and O–H groups in total. The SMILES string of the molecule is Cc1cc(NC(=O)NC(Cn2ccnc2)C(C)(C)C)n(C)n1. The molecule has 2 rings (SSSR count). The fourth-order valence-electron chi connectivity index (χ4n) is 2.18. The number of carbonyl (C=O) groups is 1. The molecule has 2 aromatic rings. The quantitative estimate of drug-likeness (QED) is 0.908. The third-order valence-corrected chi connectivity index (χ3v) is 3.55. The van der Waals surface area contributed by atoms with E-state index < -0.39 is 0 Å². The number of hydrogen-bond acceptors (Lipinski definition) is 3. The third-order valence-electron chi connectivity index (χ3n) is 3.55. The van der Waals surface area contributed by atoms with Gasteiger partial charge in [0.05, 0.1) is 18.1 Å². The predicted octanol–water partition coefficient (Wildman–Crippen LogP) is 2.16. The smallest absolute Gasteiger partial charge is 0.320 e. The van der Waals surface area contributed by atoms with Crippen molar-refractivity contribution in [2.24, 2.45) is 12.5 Å². The van der Waals surface area contributed by atoms with Gasteiger partial charge in [-0.05, 0) is 12.3 Å². The summed E-state index contributed by atoms with van der Waals surface area (Å²) in [5.74, 6) is 0.672. The molecule has 120 valence electrons. The van der Waals surface area contributed by atoms with Crippen LogP contribution < -0.4 is 10.6 Å². The first-order chi connectivity index (χ1) is 10.3. The molecular formula is C15H24N6O. The highest BCUT2D eigenvalue weighted by molar-refractivity contribution is 5.88. The summed E-state index contributed by atoms with van der Waals surface area (Å²) in [6.45, 7) is 8.86. The van der Waals surface area contributed by atoms with Gasteiger partial charge in [-0.25, -0.2) is 9.78 Å². The first-order valence-corrected chi connectivity index (χ1v) is 7.29. The summed E-state index contributed by atoms with van der Waals surface area (Å²) < 4.78 is 3.61. The van der Waals surface area contributed by atoms with Crippen LogP contribution in [0.1, 0.15) is 26.5 Å². The van der Waals surface area contributed by atoms with E-state index in [0.29, 0.717) is 12.4 Å². The molecule has 22 heavy (non-hydrogen) atoms. The lowest BCUT2D eigenvalue weighted by Gasteiger charge is -2.31. The molecule has 2 amide bonds. The fraction of sp³-hybridized carbons (Fsp3) is 0.533. The van der Waals surface area contributed by atoms with E-state index in [1.165, 1.54) is 0 Å². The van der Waals surface area contributed by atoms with Crippen molar-refractivity contribution in [2.75, 3.05) is 5.32 Å². The van der Waals surface area contributed by atoms with Crippen molar-refractivity contribution in [1.82, 2.24) is 24.6 Å². The molecule has 1 unspecified atom stereocenters. The first kappa shape index (κ1) is 16.1. The molecule has 0 saturated carbocycles. The Morgan fingerprint density at radius 2 is 2.14 bits per heavy atom. The molecule has 0 aliphatic rings. The Morgan fingerprint density at radius 1 is 1.41 bits per heavy atom. The summed E-state index contributed by atoms with van der Waals surface area (Å²) in [5.41, 5.74) is 0.785. The largest absolute Gasteiger partial charge is 0.335 e. The van der Waals surface area contributed by atoms with Gasteiger partial charge in [-0.2, -0.15) is 5.10 Å². The average Bonchev–Trinajstić information content (AvgIpc) is 2.98. The molecule has 0 aliphatic heterocycles. The van der Waals surface area contributed by atoms with Gasteiger partial charge in [0.15, 0.2) is 0 Å². The topological polar surface area (TPSA) is 76.8 Å². The maximum absolute atomic E-state index is 12.3. The molecule has 7 heteroatoms. The van der Waals surface area contributed by atoms with Gasteiger partial charge in [0.1, 0.15) is 5.82 Å². The van der Waals surface area contributed by atoms with Gasteiger partial charge in [0.2, 0.25) is 0 Å². The zero-order valence-electron chi connectivity index (χ0n) is 13.8. The third kappa shape index (κ3) is 4.09. The van der Waals surface area contributed by atoms with Crippen molar-refractivity contribution in [3.63, 3.8) is 0 Å². The molecule has 2 heterocycles. The lowest BCUT2D eigenvalue weighted by atomic mass is 9.86. The number of carbonyl (C=O) groups excluding carboxylic acids is 1. The van der Waals surface area contributed by atoms with E-state index >= 15 is 0 Å². The Labute approximate surface area is 130 Å². The lowest BCUT2D eigenvalue weighted by molar-refractivity contribution is 0.218. The van der Waals surface area contributed by atoms with Crippen LogP contribution in [0.3, 0.4) is 0 Å². The van der Waals surface area contributed by atoms with Crippen molar-refractivity contribution >= 4 is 11.8 Å². The Bertz CT molecular complexity index is 623. The van der Waals surface area contributed by atoms with Gasteiger partial charge >= 0.3 is 6.03 Å².